The second kappa shape index (κ2) is 9.83. The minimum absolute atomic E-state index is 1.22. The van der Waals surface area contributed by atoms with Crippen LogP contribution in [0.25, 0.3) is 21.5 Å². The summed E-state index contributed by atoms with van der Waals surface area (Å²) in [7, 11) is 1.61. The standard InChI is InChI=1S/C32H30N2Si/c1-4-33-35(34(2)3)31(27-21-13-7-14-22-27)29(25-17-9-5-10-18-25)30(26-19-11-6-12-20-26)32(35)28-23-15-8-16-24-28/h4-24H,1-3H3/b33-4-. The van der Waals surface area contributed by atoms with Crippen LogP contribution < -0.4 is 0 Å². The minimum Gasteiger partial charge on any atom is -0.305 e. The highest BCUT2D eigenvalue weighted by atomic mass is 28.3. The molecule has 0 spiro atoms. The zero-order valence-electron chi connectivity index (χ0n) is 20.5. The summed E-state index contributed by atoms with van der Waals surface area (Å²) in [5.74, 6) is 0. The third kappa shape index (κ3) is 3.93. The number of hydrogen-bond acceptors (Lipinski definition) is 2. The average molecular weight is 471 g/mol. The van der Waals surface area contributed by atoms with Crippen molar-refractivity contribution in [1.82, 2.24) is 4.57 Å². The highest BCUT2D eigenvalue weighted by Crippen LogP contribution is 2.56. The van der Waals surface area contributed by atoms with E-state index in [1.54, 1.807) is 0 Å². The van der Waals surface area contributed by atoms with E-state index in [4.69, 9.17) is 4.66 Å². The quantitative estimate of drug-likeness (QED) is 0.212. The van der Waals surface area contributed by atoms with E-state index in [1.807, 2.05) is 13.1 Å². The number of benzene rings is 4. The lowest BCUT2D eigenvalue weighted by Crippen LogP contribution is -2.50. The van der Waals surface area contributed by atoms with E-state index in [0.717, 1.165) is 0 Å². The molecule has 0 saturated carbocycles. The van der Waals surface area contributed by atoms with Crippen molar-refractivity contribution in [2.45, 2.75) is 6.92 Å². The monoisotopic (exact) mass is 470 g/mol. The van der Waals surface area contributed by atoms with Gasteiger partial charge in [0.25, 0.3) is 0 Å². The van der Waals surface area contributed by atoms with Gasteiger partial charge in [-0.15, -0.1) is 0 Å². The topological polar surface area (TPSA) is 15.6 Å². The molecule has 0 fully saturated rings. The molecule has 1 aliphatic rings. The van der Waals surface area contributed by atoms with Gasteiger partial charge >= 0.3 is 8.40 Å². The first-order valence-electron chi connectivity index (χ1n) is 12.1. The Kier molecular flexibility index (Phi) is 6.45. The lowest BCUT2D eigenvalue weighted by atomic mass is 9.89. The molecule has 0 N–H and O–H groups in total. The van der Waals surface area contributed by atoms with Crippen LogP contribution in [-0.2, 0) is 0 Å². The van der Waals surface area contributed by atoms with Gasteiger partial charge in [0, 0.05) is 0 Å². The van der Waals surface area contributed by atoms with Crippen molar-refractivity contribution >= 4 is 36.2 Å². The first kappa shape index (κ1) is 23.0. The Bertz CT molecular complexity index is 1290. The molecule has 0 radical (unpaired) electrons. The molecule has 1 heterocycles. The highest BCUT2D eigenvalue weighted by molar-refractivity contribution is 7.12. The van der Waals surface area contributed by atoms with E-state index in [9.17, 15) is 0 Å². The smallest absolute Gasteiger partial charge is 0.305 e. The van der Waals surface area contributed by atoms with Crippen LogP contribution in [0.4, 0.5) is 0 Å². The van der Waals surface area contributed by atoms with E-state index in [1.165, 1.54) is 43.8 Å². The molecule has 5 rings (SSSR count). The van der Waals surface area contributed by atoms with Crippen molar-refractivity contribution in [1.29, 1.82) is 0 Å². The van der Waals surface area contributed by atoms with Crippen molar-refractivity contribution < 1.29 is 0 Å². The fourth-order valence-electron chi connectivity index (χ4n) is 5.29. The van der Waals surface area contributed by atoms with Crippen LogP contribution in [-0.4, -0.2) is 33.3 Å². The third-order valence-electron chi connectivity index (χ3n) is 6.66. The zero-order chi connectivity index (χ0) is 24.3. The minimum atomic E-state index is -2.78. The Labute approximate surface area is 209 Å². The van der Waals surface area contributed by atoms with Crippen LogP contribution in [0, 0.1) is 0 Å². The maximum atomic E-state index is 5.45. The largest absolute Gasteiger partial charge is 0.321 e. The molecule has 4 aromatic carbocycles. The van der Waals surface area contributed by atoms with E-state index < -0.39 is 8.40 Å². The average Bonchev–Trinajstić information content (AvgIpc) is 3.23. The van der Waals surface area contributed by atoms with Gasteiger partial charge in [-0.1, -0.05) is 121 Å². The summed E-state index contributed by atoms with van der Waals surface area (Å²) >= 11 is 0. The SMILES string of the molecule is C/C=N\[Si]1(N(C)C)C(c2ccccc2)=C(c2ccccc2)C(c2ccccc2)=C1c1ccccc1. The van der Waals surface area contributed by atoms with Crippen LogP contribution in [0.15, 0.2) is 126 Å². The molecule has 35 heavy (non-hydrogen) atoms. The molecule has 0 aliphatic carbocycles. The molecule has 0 unspecified atom stereocenters. The predicted molar refractivity (Wildman–Crippen MR) is 153 cm³/mol. The van der Waals surface area contributed by atoms with Crippen molar-refractivity contribution in [3.63, 3.8) is 0 Å². The molecule has 0 bridgehead atoms. The van der Waals surface area contributed by atoms with Crippen LogP contribution in [0.1, 0.15) is 29.2 Å². The summed E-state index contributed by atoms with van der Waals surface area (Å²) in [6.45, 7) is 2.05. The van der Waals surface area contributed by atoms with E-state index in [2.05, 4.69) is 140 Å². The van der Waals surface area contributed by atoms with Crippen LogP contribution in [0.5, 0.6) is 0 Å². The zero-order valence-corrected chi connectivity index (χ0v) is 21.5. The molecule has 3 heteroatoms. The molecular weight excluding hydrogens is 440 g/mol. The van der Waals surface area contributed by atoms with E-state index >= 15 is 0 Å². The summed E-state index contributed by atoms with van der Waals surface area (Å²) in [5, 5.41) is 2.68. The van der Waals surface area contributed by atoms with Crippen molar-refractivity contribution in [3.8, 4) is 0 Å². The van der Waals surface area contributed by atoms with Gasteiger partial charge in [0.15, 0.2) is 0 Å². The van der Waals surface area contributed by atoms with Crippen LogP contribution >= 0.6 is 0 Å². The van der Waals surface area contributed by atoms with Crippen molar-refractivity contribution in [2.24, 2.45) is 4.66 Å². The van der Waals surface area contributed by atoms with Gasteiger partial charge in [0.1, 0.15) is 0 Å². The summed E-state index contributed by atoms with van der Waals surface area (Å²) in [6.07, 6.45) is 2.01. The fraction of sp³-hybridized carbons (Fsp3) is 0.0938. The lowest BCUT2D eigenvalue weighted by Gasteiger charge is -2.35. The first-order valence-corrected chi connectivity index (χ1v) is 14.0. The first-order chi connectivity index (χ1) is 17.2. The number of nitrogens with zero attached hydrogens (tertiary/aromatic N) is 2. The number of hydrogen-bond donors (Lipinski definition) is 0. The summed E-state index contributed by atoms with van der Waals surface area (Å²) in [5.41, 5.74) is 7.48. The van der Waals surface area contributed by atoms with Crippen molar-refractivity contribution in [2.75, 3.05) is 14.1 Å². The Balaban J connectivity index is 2.02. The lowest BCUT2D eigenvalue weighted by molar-refractivity contribution is 0.637. The second-order valence-corrected chi connectivity index (χ2v) is 12.4. The number of rotatable bonds is 6. The summed E-state index contributed by atoms with van der Waals surface area (Å²) in [6, 6.07) is 43.4. The highest BCUT2D eigenvalue weighted by Gasteiger charge is 2.53. The second-order valence-electron chi connectivity index (χ2n) is 8.92. The molecule has 0 amide bonds. The Morgan fingerprint density at radius 3 is 1.11 bits per heavy atom. The molecule has 0 aromatic heterocycles. The van der Waals surface area contributed by atoms with Gasteiger partial charge in [0.05, 0.1) is 0 Å². The maximum Gasteiger partial charge on any atom is 0.321 e. The Morgan fingerprint density at radius 1 is 0.514 bits per heavy atom. The molecule has 0 saturated heterocycles. The van der Waals surface area contributed by atoms with Gasteiger partial charge in [0.2, 0.25) is 0 Å². The van der Waals surface area contributed by atoms with Gasteiger partial charge in [-0.2, -0.15) is 0 Å². The maximum absolute atomic E-state index is 5.45. The van der Waals surface area contributed by atoms with Gasteiger partial charge < -0.3 is 9.22 Å². The predicted octanol–water partition coefficient (Wildman–Crippen LogP) is 7.39. The number of allylic oxidation sites excluding steroid dienone is 2. The normalized spacial score (nSPS) is 15.4. The Hall–Kier alpha value is -3.79. The summed E-state index contributed by atoms with van der Waals surface area (Å²) in [4.78, 5) is 0. The van der Waals surface area contributed by atoms with Gasteiger partial charge in [-0.25, -0.2) is 0 Å². The summed E-state index contributed by atoms with van der Waals surface area (Å²) < 4.78 is 7.85. The molecule has 172 valence electrons. The molecule has 4 aromatic rings. The van der Waals surface area contributed by atoms with Crippen LogP contribution in [0.3, 0.4) is 0 Å². The van der Waals surface area contributed by atoms with Gasteiger partial charge in [-0.3, -0.25) is 0 Å². The van der Waals surface area contributed by atoms with Gasteiger partial charge in [-0.05, 0) is 71.0 Å². The molecule has 1 aliphatic heterocycles. The fourth-order valence-corrected chi connectivity index (χ4v) is 9.67. The Morgan fingerprint density at radius 2 is 0.829 bits per heavy atom. The van der Waals surface area contributed by atoms with E-state index in [-0.39, 0.29) is 0 Å². The molecule has 0 atom stereocenters. The molecule has 2 nitrogen and oxygen atoms in total. The molecular formula is C32H30N2Si. The van der Waals surface area contributed by atoms with Crippen LogP contribution in [0.2, 0.25) is 0 Å². The third-order valence-corrected chi connectivity index (χ3v) is 11.1. The van der Waals surface area contributed by atoms with Crippen molar-refractivity contribution in [3.05, 3.63) is 144 Å². The van der Waals surface area contributed by atoms with E-state index in [0.29, 0.717) is 0 Å².